The summed E-state index contributed by atoms with van der Waals surface area (Å²) in [6.07, 6.45) is 1.17. The Balaban J connectivity index is 1.48. The molecule has 2 aromatic rings. The number of aromatic nitrogens is 1. The molecule has 3 unspecified atom stereocenters. The number of ether oxygens (including phenoxy) is 2. The Morgan fingerprint density at radius 2 is 2.19 bits per heavy atom. The summed E-state index contributed by atoms with van der Waals surface area (Å²) in [6, 6.07) is 8.51. The smallest absolute Gasteiger partial charge is 0.162 e. The molecular formula is C19H25FN2O4. The minimum atomic E-state index is -0.527. The number of halogens is 1. The Kier molecular flexibility index (Phi) is 6.73. The van der Waals surface area contributed by atoms with Crippen molar-refractivity contribution in [2.45, 2.75) is 50.7 Å². The van der Waals surface area contributed by atoms with Gasteiger partial charge >= 0.3 is 0 Å². The SMILES string of the molecule is COCc1cc(CC2CCC(O)C(CNCc3ccccc3F)O2)no1. The topological polar surface area (TPSA) is 76.8 Å². The Labute approximate surface area is 152 Å². The number of nitrogens with one attached hydrogen (secondary N) is 1. The molecule has 1 aromatic heterocycles. The molecule has 1 aromatic carbocycles. The van der Waals surface area contributed by atoms with Crippen LogP contribution in [0.15, 0.2) is 34.9 Å². The standard InChI is InChI=1S/C19H25FN2O4/c1-24-12-16-9-14(22-26-16)8-15-6-7-18(23)19(25-15)11-21-10-13-4-2-3-5-17(13)20/h2-5,9,15,18-19,21,23H,6-8,10-12H2,1H3. The highest BCUT2D eigenvalue weighted by Crippen LogP contribution is 2.22. The highest BCUT2D eigenvalue weighted by Gasteiger charge is 2.30. The van der Waals surface area contributed by atoms with Crippen LogP contribution >= 0.6 is 0 Å². The lowest BCUT2D eigenvalue weighted by molar-refractivity contribution is -0.115. The van der Waals surface area contributed by atoms with Gasteiger partial charge in [0.05, 0.1) is 24.0 Å². The number of rotatable bonds is 8. The second-order valence-electron chi connectivity index (χ2n) is 6.59. The Hall–Kier alpha value is -1.80. The van der Waals surface area contributed by atoms with E-state index in [-0.39, 0.29) is 18.0 Å². The predicted molar refractivity (Wildman–Crippen MR) is 92.9 cm³/mol. The summed E-state index contributed by atoms with van der Waals surface area (Å²) >= 11 is 0. The van der Waals surface area contributed by atoms with E-state index in [1.165, 1.54) is 6.07 Å². The summed E-state index contributed by atoms with van der Waals surface area (Å²) in [4.78, 5) is 0. The molecule has 1 saturated heterocycles. The fourth-order valence-corrected chi connectivity index (χ4v) is 3.17. The van der Waals surface area contributed by atoms with Crippen LogP contribution in [0.25, 0.3) is 0 Å². The number of aliphatic hydroxyl groups is 1. The molecular weight excluding hydrogens is 339 g/mol. The van der Waals surface area contributed by atoms with Crippen molar-refractivity contribution in [3.8, 4) is 0 Å². The van der Waals surface area contributed by atoms with Crippen LogP contribution in [0.2, 0.25) is 0 Å². The number of hydrogen-bond acceptors (Lipinski definition) is 6. The number of aliphatic hydroxyl groups excluding tert-OH is 1. The minimum absolute atomic E-state index is 0.0286. The van der Waals surface area contributed by atoms with Crippen molar-refractivity contribution in [1.82, 2.24) is 10.5 Å². The minimum Gasteiger partial charge on any atom is -0.390 e. The van der Waals surface area contributed by atoms with Gasteiger partial charge in [0.2, 0.25) is 0 Å². The summed E-state index contributed by atoms with van der Waals surface area (Å²) < 4.78 is 29.9. The van der Waals surface area contributed by atoms with E-state index >= 15 is 0 Å². The lowest BCUT2D eigenvalue weighted by Crippen LogP contribution is -2.45. The van der Waals surface area contributed by atoms with E-state index in [0.29, 0.717) is 43.9 Å². The fourth-order valence-electron chi connectivity index (χ4n) is 3.17. The van der Waals surface area contributed by atoms with Crippen LogP contribution < -0.4 is 5.32 Å². The fraction of sp³-hybridized carbons (Fsp3) is 0.526. The molecule has 0 radical (unpaired) electrons. The predicted octanol–water partition coefficient (Wildman–Crippen LogP) is 2.20. The largest absolute Gasteiger partial charge is 0.390 e. The molecule has 0 spiro atoms. The molecule has 7 heteroatoms. The molecule has 1 aliphatic heterocycles. The molecule has 2 heterocycles. The summed E-state index contributed by atoms with van der Waals surface area (Å²) in [5.41, 5.74) is 1.42. The monoisotopic (exact) mass is 364 g/mol. The Morgan fingerprint density at radius 3 is 3.00 bits per heavy atom. The molecule has 2 N–H and O–H groups in total. The van der Waals surface area contributed by atoms with E-state index in [1.54, 1.807) is 25.3 Å². The van der Waals surface area contributed by atoms with E-state index < -0.39 is 6.10 Å². The lowest BCUT2D eigenvalue weighted by atomic mass is 9.98. The van der Waals surface area contributed by atoms with E-state index in [1.807, 2.05) is 6.07 Å². The van der Waals surface area contributed by atoms with Gasteiger partial charge in [-0.3, -0.25) is 0 Å². The van der Waals surface area contributed by atoms with Gasteiger partial charge in [-0.2, -0.15) is 0 Å². The van der Waals surface area contributed by atoms with E-state index in [0.717, 1.165) is 12.1 Å². The Bertz CT molecular complexity index is 694. The van der Waals surface area contributed by atoms with Crippen LogP contribution in [0.5, 0.6) is 0 Å². The molecule has 26 heavy (non-hydrogen) atoms. The van der Waals surface area contributed by atoms with Crippen molar-refractivity contribution >= 4 is 0 Å². The zero-order chi connectivity index (χ0) is 18.4. The van der Waals surface area contributed by atoms with Crippen LogP contribution in [-0.2, 0) is 29.0 Å². The first kappa shape index (κ1) is 19.0. The maximum absolute atomic E-state index is 13.6. The molecule has 1 fully saturated rings. The first-order chi connectivity index (χ1) is 12.7. The second kappa shape index (κ2) is 9.23. The van der Waals surface area contributed by atoms with Crippen molar-refractivity contribution in [1.29, 1.82) is 0 Å². The summed E-state index contributed by atoms with van der Waals surface area (Å²) in [5.74, 6) is 0.447. The van der Waals surface area contributed by atoms with Crippen LogP contribution in [0.3, 0.4) is 0 Å². The first-order valence-corrected chi connectivity index (χ1v) is 8.86. The van der Waals surface area contributed by atoms with Gasteiger partial charge in [-0.15, -0.1) is 0 Å². The van der Waals surface area contributed by atoms with Gasteiger partial charge in [-0.1, -0.05) is 23.4 Å². The summed E-state index contributed by atoms with van der Waals surface area (Å²) in [7, 11) is 1.60. The van der Waals surface area contributed by atoms with Gasteiger partial charge in [-0.05, 0) is 18.9 Å². The molecule has 0 amide bonds. The van der Waals surface area contributed by atoms with Crippen LogP contribution in [0, 0.1) is 5.82 Å². The van der Waals surface area contributed by atoms with Crippen molar-refractivity contribution < 1.29 is 23.5 Å². The van der Waals surface area contributed by atoms with Crippen molar-refractivity contribution in [3.63, 3.8) is 0 Å². The molecule has 6 nitrogen and oxygen atoms in total. The van der Waals surface area contributed by atoms with Gasteiger partial charge in [0, 0.05) is 38.2 Å². The van der Waals surface area contributed by atoms with E-state index in [2.05, 4.69) is 10.5 Å². The number of methoxy groups -OCH3 is 1. The summed E-state index contributed by atoms with van der Waals surface area (Å²) in [6.45, 7) is 1.24. The maximum Gasteiger partial charge on any atom is 0.162 e. The van der Waals surface area contributed by atoms with Gasteiger partial charge in [0.15, 0.2) is 5.76 Å². The molecule has 0 aliphatic carbocycles. The van der Waals surface area contributed by atoms with Gasteiger partial charge in [0.25, 0.3) is 0 Å². The molecule has 1 aliphatic rings. The lowest BCUT2D eigenvalue weighted by Gasteiger charge is -2.34. The maximum atomic E-state index is 13.6. The quantitative estimate of drug-likeness (QED) is 0.748. The molecule has 142 valence electrons. The highest BCUT2D eigenvalue weighted by molar-refractivity contribution is 5.16. The van der Waals surface area contributed by atoms with Crippen molar-refractivity contribution in [3.05, 3.63) is 53.2 Å². The summed E-state index contributed by atoms with van der Waals surface area (Å²) in [5, 5.41) is 17.4. The average molecular weight is 364 g/mol. The number of hydrogen-bond donors (Lipinski definition) is 2. The van der Waals surface area contributed by atoms with Crippen LogP contribution in [-0.4, -0.2) is 42.2 Å². The van der Waals surface area contributed by atoms with Crippen molar-refractivity contribution in [2.24, 2.45) is 0 Å². The first-order valence-electron chi connectivity index (χ1n) is 8.86. The van der Waals surface area contributed by atoms with Crippen molar-refractivity contribution in [2.75, 3.05) is 13.7 Å². The molecule has 0 saturated carbocycles. The van der Waals surface area contributed by atoms with Crippen LogP contribution in [0.1, 0.15) is 29.9 Å². The average Bonchev–Trinajstić information content (AvgIpc) is 3.07. The van der Waals surface area contributed by atoms with E-state index in [9.17, 15) is 9.50 Å². The third-order valence-corrected chi connectivity index (χ3v) is 4.53. The molecule has 3 atom stereocenters. The van der Waals surface area contributed by atoms with Crippen LogP contribution in [0.4, 0.5) is 4.39 Å². The zero-order valence-corrected chi connectivity index (χ0v) is 14.9. The number of nitrogens with zero attached hydrogens (tertiary/aromatic N) is 1. The van der Waals surface area contributed by atoms with Gasteiger partial charge < -0.3 is 24.4 Å². The Morgan fingerprint density at radius 1 is 1.35 bits per heavy atom. The normalized spacial score (nSPS) is 23.3. The van der Waals surface area contributed by atoms with Gasteiger partial charge in [-0.25, -0.2) is 4.39 Å². The zero-order valence-electron chi connectivity index (χ0n) is 14.9. The van der Waals surface area contributed by atoms with E-state index in [4.69, 9.17) is 14.0 Å². The third kappa shape index (κ3) is 5.11. The second-order valence-corrected chi connectivity index (χ2v) is 6.59. The highest BCUT2D eigenvalue weighted by atomic mass is 19.1. The molecule has 3 rings (SSSR count). The third-order valence-electron chi connectivity index (χ3n) is 4.53. The van der Waals surface area contributed by atoms with Gasteiger partial charge in [0.1, 0.15) is 12.4 Å². The molecule has 0 bridgehead atoms. The number of benzene rings is 1.